The first-order valence-corrected chi connectivity index (χ1v) is 10.8. The minimum atomic E-state index is -4.50. The molecule has 7 heteroatoms. The topological polar surface area (TPSA) is 60.9 Å². The summed E-state index contributed by atoms with van der Waals surface area (Å²) in [6, 6.07) is 15.6. The molecule has 0 bridgehead atoms. The second-order valence-electron chi connectivity index (χ2n) is 8.60. The van der Waals surface area contributed by atoms with E-state index in [9.17, 15) is 18.0 Å². The predicted octanol–water partition coefficient (Wildman–Crippen LogP) is 5.95. The maximum Gasteiger partial charge on any atom is 0.416 e. The van der Waals surface area contributed by atoms with E-state index in [1.54, 1.807) is 0 Å². The van der Waals surface area contributed by atoms with Gasteiger partial charge in [-0.3, -0.25) is 9.48 Å². The Morgan fingerprint density at radius 1 is 1.06 bits per heavy atom. The number of primary amides is 1. The monoisotopic (exact) mass is 441 g/mol. The second kappa shape index (κ2) is 8.81. The number of rotatable bonds is 5. The minimum absolute atomic E-state index is 0.0164. The van der Waals surface area contributed by atoms with Crippen molar-refractivity contribution in [3.05, 3.63) is 77.0 Å². The van der Waals surface area contributed by atoms with Crippen LogP contribution in [0.25, 0.3) is 11.3 Å². The van der Waals surface area contributed by atoms with Crippen molar-refractivity contribution in [1.29, 1.82) is 0 Å². The number of benzene rings is 2. The SMILES string of the molecule is Cc1cc(-c2ccccc2)n(CC2CCC(c3ccc(C(F)(F)F)cc3C(N)=O)CC2)n1. The van der Waals surface area contributed by atoms with Crippen LogP contribution >= 0.6 is 0 Å². The number of carbonyl (C=O) groups excluding carboxylic acids is 1. The van der Waals surface area contributed by atoms with Crippen molar-refractivity contribution in [3.63, 3.8) is 0 Å². The van der Waals surface area contributed by atoms with Crippen molar-refractivity contribution in [2.75, 3.05) is 0 Å². The molecule has 32 heavy (non-hydrogen) atoms. The largest absolute Gasteiger partial charge is 0.416 e. The normalized spacial score (nSPS) is 19.1. The predicted molar refractivity (Wildman–Crippen MR) is 117 cm³/mol. The Balaban J connectivity index is 1.47. The average Bonchev–Trinajstić information content (AvgIpc) is 3.14. The van der Waals surface area contributed by atoms with Crippen LogP contribution in [-0.2, 0) is 12.7 Å². The summed E-state index contributed by atoms with van der Waals surface area (Å²) in [5.74, 6) is -0.365. The molecule has 1 aromatic heterocycles. The number of nitrogens with two attached hydrogens (primary N) is 1. The van der Waals surface area contributed by atoms with Gasteiger partial charge in [-0.2, -0.15) is 18.3 Å². The summed E-state index contributed by atoms with van der Waals surface area (Å²) in [5.41, 5.74) is 8.37. The van der Waals surface area contributed by atoms with Crippen molar-refractivity contribution in [2.45, 2.75) is 51.2 Å². The summed E-state index contributed by atoms with van der Waals surface area (Å²) < 4.78 is 41.2. The molecule has 1 fully saturated rings. The van der Waals surface area contributed by atoms with E-state index in [-0.39, 0.29) is 11.5 Å². The van der Waals surface area contributed by atoms with Crippen LogP contribution in [0.3, 0.4) is 0 Å². The third-order valence-electron chi connectivity index (χ3n) is 6.34. The van der Waals surface area contributed by atoms with E-state index in [0.29, 0.717) is 11.5 Å². The van der Waals surface area contributed by atoms with Crippen molar-refractivity contribution < 1.29 is 18.0 Å². The van der Waals surface area contributed by atoms with Gasteiger partial charge >= 0.3 is 6.18 Å². The maximum absolute atomic E-state index is 13.1. The highest BCUT2D eigenvalue weighted by Gasteiger charge is 2.33. The molecule has 3 aromatic rings. The van der Waals surface area contributed by atoms with E-state index in [1.807, 2.05) is 25.1 Å². The lowest BCUT2D eigenvalue weighted by Gasteiger charge is -2.30. The van der Waals surface area contributed by atoms with E-state index in [4.69, 9.17) is 5.73 Å². The number of amides is 1. The van der Waals surface area contributed by atoms with Crippen LogP contribution in [-0.4, -0.2) is 15.7 Å². The van der Waals surface area contributed by atoms with Crippen molar-refractivity contribution in [1.82, 2.24) is 9.78 Å². The fraction of sp³-hybridized carbons (Fsp3) is 0.360. The van der Waals surface area contributed by atoms with E-state index in [1.165, 1.54) is 6.07 Å². The first-order valence-electron chi connectivity index (χ1n) is 10.8. The van der Waals surface area contributed by atoms with E-state index >= 15 is 0 Å². The third-order valence-corrected chi connectivity index (χ3v) is 6.34. The van der Waals surface area contributed by atoms with Gasteiger partial charge in [-0.15, -0.1) is 0 Å². The van der Waals surface area contributed by atoms with Gasteiger partial charge in [-0.05, 0) is 73.8 Å². The smallest absolute Gasteiger partial charge is 0.366 e. The number of aryl methyl sites for hydroxylation is 1. The molecule has 168 valence electrons. The molecule has 0 saturated heterocycles. The van der Waals surface area contributed by atoms with Gasteiger partial charge in [0.25, 0.3) is 0 Å². The number of hydrogen-bond donors (Lipinski definition) is 1. The minimum Gasteiger partial charge on any atom is -0.366 e. The van der Waals surface area contributed by atoms with Gasteiger partial charge in [0, 0.05) is 12.1 Å². The number of carbonyl (C=O) groups is 1. The molecule has 2 aromatic carbocycles. The Bertz CT molecular complexity index is 1100. The Labute approximate surface area is 185 Å². The molecule has 1 saturated carbocycles. The zero-order valence-corrected chi connectivity index (χ0v) is 17.9. The number of alkyl halides is 3. The molecule has 1 aliphatic carbocycles. The fourth-order valence-corrected chi connectivity index (χ4v) is 4.73. The van der Waals surface area contributed by atoms with Crippen LogP contribution in [0.5, 0.6) is 0 Å². The number of halogens is 3. The van der Waals surface area contributed by atoms with Crippen LogP contribution < -0.4 is 5.73 Å². The van der Waals surface area contributed by atoms with Gasteiger partial charge in [0.05, 0.1) is 17.0 Å². The maximum atomic E-state index is 13.1. The lowest BCUT2D eigenvalue weighted by Crippen LogP contribution is -2.22. The quantitative estimate of drug-likeness (QED) is 0.532. The molecular weight excluding hydrogens is 415 g/mol. The van der Waals surface area contributed by atoms with Gasteiger partial charge in [-0.25, -0.2) is 0 Å². The molecule has 0 spiro atoms. The molecule has 0 radical (unpaired) electrons. The van der Waals surface area contributed by atoms with E-state index in [2.05, 4.69) is 28.0 Å². The summed E-state index contributed by atoms with van der Waals surface area (Å²) in [7, 11) is 0. The molecule has 1 aliphatic rings. The summed E-state index contributed by atoms with van der Waals surface area (Å²) >= 11 is 0. The second-order valence-corrected chi connectivity index (χ2v) is 8.60. The van der Waals surface area contributed by atoms with E-state index in [0.717, 1.165) is 61.3 Å². The number of aromatic nitrogens is 2. The Morgan fingerprint density at radius 2 is 1.75 bits per heavy atom. The van der Waals surface area contributed by atoms with Crippen molar-refractivity contribution >= 4 is 5.91 Å². The molecule has 1 heterocycles. The first-order chi connectivity index (χ1) is 15.2. The van der Waals surface area contributed by atoms with Crippen LogP contribution in [0.4, 0.5) is 13.2 Å². The van der Waals surface area contributed by atoms with Crippen LogP contribution in [0.15, 0.2) is 54.6 Å². The highest BCUT2D eigenvalue weighted by atomic mass is 19.4. The summed E-state index contributed by atoms with van der Waals surface area (Å²) in [6.07, 6.45) is -1.07. The molecular formula is C25H26F3N3O. The van der Waals surface area contributed by atoms with E-state index < -0.39 is 17.6 Å². The highest BCUT2D eigenvalue weighted by Crippen LogP contribution is 2.40. The average molecular weight is 441 g/mol. The number of nitrogens with zero attached hydrogens (tertiary/aromatic N) is 2. The fourth-order valence-electron chi connectivity index (χ4n) is 4.73. The van der Waals surface area contributed by atoms with Gasteiger partial charge < -0.3 is 5.73 Å². The molecule has 4 rings (SSSR count). The molecule has 1 amide bonds. The highest BCUT2D eigenvalue weighted by molar-refractivity contribution is 5.94. The Morgan fingerprint density at radius 3 is 2.38 bits per heavy atom. The van der Waals surface area contributed by atoms with Crippen LogP contribution in [0.2, 0.25) is 0 Å². The Hall–Kier alpha value is -3.09. The summed E-state index contributed by atoms with van der Waals surface area (Å²) in [4.78, 5) is 11.9. The van der Waals surface area contributed by atoms with Gasteiger partial charge in [-0.1, -0.05) is 36.4 Å². The summed E-state index contributed by atoms with van der Waals surface area (Å²) in [5, 5.41) is 4.68. The number of hydrogen-bond acceptors (Lipinski definition) is 2. The van der Waals surface area contributed by atoms with Gasteiger partial charge in [0.1, 0.15) is 0 Å². The molecule has 0 atom stereocenters. The van der Waals surface area contributed by atoms with Crippen LogP contribution in [0, 0.1) is 12.8 Å². The van der Waals surface area contributed by atoms with Crippen LogP contribution in [0.1, 0.15) is 58.8 Å². The Kier molecular flexibility index (Phi) is 6.09. The summed E-state index contributed by atoms with van der Waals surface area (Å²) in [6.45, 7) is 2.77. The molecule has 0 aliphatic heterocycles. The standard InChI is InChI=1S/C25H26F3N3O/c1-16-13-23(19-5-3-2-4-6-19)31(30-16)15-17-7-9-18(10-8-17)21-12-11-20(25(26,27)28)14-22(21)24(29)32/h2-6,11-14,17-18H,7-10,15H2,1H3,(H2,29,32). The van der Waals surface area contributed by atoms with Crippen molar-refractivity contribution in [2.24, 2.45) is 11.7 Å². The van der Waals surface area contributed by atoms with Crippen molar-refractivity contribution in [3.8, 4) is 11.3 Å². The third kappa shape index (κ3) is 4.71. The molecule has 4 nitrogen and oxygen atoms in total. The first kappa shape index (κ1) is 22.1. The van der Waals surface area contributed by atoms with Gasteiger partial charge in [0.2, 0.25) is 5.91 Å². The zero-order chi connectivity index (χ0) is 22.9. The molecule has 0 unspecified atom stereocenters. The molecule has 2 N–H and O–H groups in total. The zero-order valence-electron chi connectivity index (χ0n) is 17.9. The van der Waals surface area contributed by atoms with Gasteiger partial charge in [0.15, 0.2) is 0 Å². The lowest BCUT2D eigenvalue weighted by atomic mass is 9.77. The lowest BCUT2D eigenvalue weighted by molar-refractivity contribution is -0.137.